The van der Waals surface area contributed by atoms with Crippen molar-refractivity contribution in [3.8, 4) is 11.5 Å². The highest BCUT2D eigenvalue weighted by Gasteiger charge is 2.25. The van der Waals surface area contributed by atoms with E-state index < -0.39 is 10.9 Å². The third kappa shape index (κ3) is 5.49. The number of carbonyl (C=O) groups is 1. The van der Waals surface area contributed by atoms with Gasteiger partial charge in [-0.05, 0) is 59.1 Å². The average molecular weight is 489 g/mol. The number of rotatable bonds is 9. The number of benzene rings is 2. The SMILES string of the molecule is CCCCOc1c(Br)cc(/C=C2\N=C(c3cccc([N+](=O)[O-])c3)OC2=O)cc1OCC. The summed E-state index contributed by atoms with van der Waals surface area (Å²) in [6.07, 6.45) is 3.50. The zero-order valence-corrected chi connectivity index (χ0v) is 18.7. The van der Waals surface area contributed by atoms with Crippen LogP contribution in [0.3, 0.4) is 0 Å². The van der Waals surface area contributed by atoms with Crippen molar-refractivity contribution in [3.63, 3.8) is 0 Å². The molecule has 0 bridgehead atoms. The highest BCUT2D eigenvalue weighted by atomic mass is 79.9. The second kappa shape index (κ2) is 10.2. The second-order valence-electron chi connectivity index (χ2n) is 6.61. The van der Waals surface area contributed by atoms with Crippen LogP contribution in [-0.2, 0) is 9.53 Å². The predicted molar refractivity (Wildman–Crippen MR) is 119 cm³/mol. The minimum atomic E-state index is -0.640. The lowest BCUT2D eigenvalue weighted by molar-refractivity contribution is -0.384. The van der Waals surface area contributed by atoms with Gasteiger partial charge in [0.2, 0.25) is 5.90 Å². The highest BCUT2D eigenvalue weighted by Crippen LogP contribution is 2.38. The Morgan fingerprint density at radius 2 is 2.03 bits per heavy atom. The molecule has 0 unspecified atom stereocenters. The van der Waals surface area contributed by atoms with Crippen LogP contribution in [0, 0.1) is 10.1 Å². The van der Waals surface area contributed by atoms with Crippen LogP contribution in [-0.4, -0.2) is 30.0 Å². The van der Waals surface area contributed by atoms with Gasteiger partial charge >= 0.3 is 5.97 Å². The zero-order valence-electron chi connectivity index (χ0n) is 17.1. The third-order valence-electron chi connectivity index (χ3n) is 4.30. The molecule has 0 spiro atoms. The predicted octanol–water partition coefficient (Wildman–Crippen LogP) is 5.28. The molecule has 1 heterocycles. The van der Waals surface area contributed by atoms with Crippen molar-refractivity contribution in [2.24, 2.45) is 4.99 Å². The van der Waals surface area contributed by atoms with Crippen molar-refractivity contribution in [2.75, 3.05) is 13.2 Å². The van der Waals surface area contributed by atoms with Gasteiger partial charge in [-0.15, -0.1) is 0 Å². The number of nitro groups is 1. The van der Waals surface area contributed by atoms with Crippen LogP contribution >= 0.6 is 15.9 Å². The van der Waals surface area contributed by atoms with Gasteiger partial charge in [0.05, 0.1) is 22.6 Å². The van der Waals surface area contributed by atoms with Crippen molar-refractivity contribution < 1.29 is 23.9 Å². The Morgan fingerprint density at radius 3 is 2.74 bits per heavy atom. The Hall–Kier alpha value is -3.20. The minimum absolute atomic E-state index is 0.0172. The Labute approximate surface area is 187 Å². The Kier molecular flexibility index (Phi) is 7.41. The zero-order chi connectivity index (χ0) is 22.4. The van der Waals surface area contributed by atoms with E-state index >= 15 is 0 Å². The Balaban J connectivity index is 1.92. The number of cyclic esters (lactones) is 1. The number of non-ortho nitro benzene ring substituents is 1. The van der Waals surface area contributed by atoms with E-state index in [1.54, 1.807) is 24.3 Å². The number of unbranched alkanes of at least 4 members (excludes halogenated alkanes) is 1. The molecular formula is C22H21BrN2O6. The summed E-state index contributed by atoms with van der Waals surface area (Å²) < 4.78 is 17.5. The van der Waals surface area contributed by atoms with Gasteiger partial charge in [-0.25, -0.2) is 9.79 Å². The van der Waals surface area contributed by atoms with Crippen molar-refractivity contribution >= 4 is 39.6 Å². The van der Waals surface area contributed by atoms with Gasteiger partial charge in [0.25, 0.3) is 5.69 Å². The second-order valence-corrected chi connectivity index (χ2v) is 7.46. The Morgan fingerprint density at radius 1 is 1.23 bits per heavy atom. The fourth-order valence-electron chi connectivity index (χ4n) is 2.84. The normalized spacial score (nSPS) is 14.4. The fraction of sp³-hybridized carbons (Fsp3) is 0.273. The Bertz CT molecular complexity index is 1060. The maximum Gasteiger partial charge on any atom is 0.363 e. The maximum absolute atomic E-state index is 12.3. The van der Waals surface area contributed by atoms with E-state index in [1.165, 1.54) is 18.2 Å². The lowest BCUT2D eigenvalue weighted by Gasteiger charge is -2.14. The monoisotopic (exact) mass is 488 g/mol. The molecule has 3 rings (SSSR count). The van der Waals surface area contributed by atoms with Crippen LogP contribution in [0.1, 0.15) is 37.8 Å². The van der Waals surface area contributed by atoms with Crippen molar-refractivity contribution in [2.45, 2.75) is 26.7 Å². The molecule has 0 atom stereocenters. The first kappa shape index (κ1) is 22.5. The number of aliphatic imine (C=N–C) groups is 1. The molecule has 2 aromatic carbocycles. The van der Waals surface area contributed by atoms with E-state index in [2.05, 4.69) is 27.8 Å². The quantitative estimate of drug-likeness (QED) is 0.156. The number of carbonyl (C=O) groups excluding carboxylic acids is 1. The van der Waals surface area contributed by atoms with Crippen LogP contribution in [0.2, 0.25) is 0 Å². The van der Waals surface area contributed by atoms with Crippen molar-refractivity contribution in [1.29, 1.82) is 0 Å². The largest absolute Gasteiger partial charge is 0.490 e. The number of nitro benzene ring substituents is 1. The summed E-state index contributed by atoms with van der Waals surface area (Å²) in [5.41, 5.74) is 0.976. The summed E-state index contributed by atoms with van der Waals surface area (Å²) in [5, 5.41) is 11.0. The molecular weight excluding hydrogens is 468 g/mol. The molecule has 0 saturated carbocycles. The van der Waals surface area contributed by atoms with E-state index in [0.29, 0.717) is 40.3 Å². The molecule has 0 fully saturated rings. The third-order valence-corrected chi connectivity index (χ3v) is 4.89. The van der Waals surface area contributed by atoms with Gasteiger partial charge in [-0.2, -0.15) is 0 Å². The first-order valence-electron chi connectivity index (χ1n) is 9.79. The van der Waals surface area contributed by atoms with Gasteiger partial charge in [-0.1, -0.05) is 19.4 Å². The van der Waals surface area contributed by atoms with Crippen LogP contribution in [0.15, 0.2) is 51.6 Å². The summed E-state index contributed by atoms with van der Waals surface area (Å²) in [6, 6.07) is 9.32. The minimum Gasteiger partial charge on any atom is -0.490 e. The average Bonchev–Trinajstić information content (AvgIpc) is 3.10. The van der Waals surface area contributed by atoms with Crippen LogP contribution < -0.4 is 9.47 Å². The van der Waals surface area contributed by atoms with Crippen LogP contribution in [0.4, 0.5) is 5.69 Å². The smallest absolute Gasteiger partial charge is 0.363 e. The molecule has 2 aromatic rings. The molecule has 8 nitrogen and oxygen atoms in total. The van der Waals surface area contributed by atoms with Gasteiger partial charge in [0.15, 0.2) is 17.2 Å². The first-order valence-corrected chi connectivity index (χ1v) is 10.6. The molecule has 0 saturated heterocycles. The number of hydrogen-bond acceptors (Lipinski definition) is 7. The summed E-state index contributed by atoms with van der Waals surface area (Å²) in [4.78, 5) is 27.0. The highest BCUT2D eigenvalue weighted by molar-refractivity contribution is 9.10. The lowest BCUT2D eigenvalue weighted by Crippen LogP contribution is -2.05. The van der Waals surface area contributed by atoms with E-state index in [9.17, 15) is 14.9 Å². The summed E-state index contributed by atoms with van der Waals surface area (Å²) in [6.45, 7) is 4.98. The van der Waals surface area contributed by atoms with E-state index in [0.717, 1.165) is 12.8 Å². The van der Waals surface area contributed by atoms with Gasteiger partial charge < -0.3 is 14.2 Å². The maximum atomic E-state index is 12.3. The van der Waals surface area contributed by atoms with Crippen molar-refractivity contribution in [3.05, 3.63) is 67.8 Å². The van der Waals surface area contributed by atoms with Gasteiger partial charge in [0, 0.05) is 17.7 Å². The molecule has 0 aromatic heterocycles. The molecule has 162 valence electrons. The van der Waals surface area contributed by atoms with E-state index in [-0.39, 0.29) is 17.3 Å². The van der Waals surface area contributed by atoms with Crippen LogP contribution in [0.25, 0.3) is 6.08 Å². The molecule has 0 radical (unpaired) electrons. The van der Waals surface area contributed by atoms with Gasteiger partial charge in [-0.3, -0.25) is 10.1 Å². The molecule has 0 amide bonds. The fourth-order valence-corrected chi connectivity index (χ4v) is 3.41. The molecule has 1 aliphatic heterocycles. The lowest BCUT2D eigenvalue weighted by atomic mass is 10.1. The molecule has 1 aliphatic rings. The van der Waals surface area contributed by atoms with Crippen molar-refractivity contribution in [1.82, 2.24) is 0 Å². The summed E-state index contributed by atoms with van der Waals surface area (Å²) in [7, 11) is 0. The molecule has 31 heavy (non-hydrogen) atoms. The summed E-state index contributed by atoms with van der Waals surface area (Å²) in [5.74, 6) is 0.531. The molecule has 9 heteroatoms. The van der Waals surface area contributed by atoms with Gasteiger partial charge in [0.1, 0.15) is 0 Å². The molecule has 0 N–H and O–H groups in total. The standard InChI is InChI=1S/C22H21BrN2O6/c1-3-5-9-30-20-17(23)10-14(12-19(20)29-4-2)11-18-22(26)31-21(24-18)15-7-6-8-16(13-15)25(27)28/h6-8,10-13H,3-5,9H2,1-2H3/b18-11-. The summed E-state index contributed by atoms with van der Waals surface area (Å²) >= 11 is 3.50. The number of esters is 1. The van der Waals surface area contributed by atoms with Crippen LogP contribution in [0.5, 0.6) is 11.5 Å². The topological polar surface area (TPSA) is 100 Å². The van der Waals surface area contributed by atoms with E-state index in [4.69, 9.17) is 14.2 Å². The molecule has 0 aliphatic carbocycles. The van der Waals surface area contributed by atoms with E-state index in [1.807, 2.05) is 6.92 Å². The number of ether oxygens (including phenoxy) is 3. The first-order chi connectivity index (χ1) is 14.9. The number of nitrogens with zero attached hydrogens (tertiary/aromatic N) is 2. The number of hydrogen-bond donors (Lipinski definition) is 0. The number of halogens is 1.